The van der Waals surface area contributed by atoms with E-state index in [1.54, 1.807) is 36.5 Å². The van der Waals surface area contributed by atoms with Crippen molar-refractivity contribution in [3.05, 3.63) is 82.3 Å². The van der Waals surface area contributed by atoms with Crippen molar-refractivity contribution < 1.29 is 19.8 Å². The van der Waals surface area contributed by atoms with E-state index in [1.807, 2.05) is 4.57 Å². The van der Waals surface area contributed by atoms with Gasteiger partial charge in [-0.1, -0.05) is 23.7 Å². The fraction of sp³-hybridized carbons (Fsp3) is 0.0500. The average molecular weight is 424 g/mol. The number of carbonyl (C=O) groups is 2. The first-order valence-electron chi connectivity index (χ1n) is 8.72. The van der Waals surface area contributed by atoms with E-state index in [-0.39, 0.29) is 17.1 Å². The van der Waals surface area contributed by atoms with Crippen molar-refractivity contribution in [1.82, 2.24) is 25.2 Å². The molecule has 0 radical (unpaired) electrons. The van der Waals surface area contributed by atoms with Gasteiger partial charge >= 0.3 is 5.97 Å². The van der Waals surface area contributed by atoms with E-state index >= 15 is 0 Å². The van der Waals surface area contributed by atoms with Gasteiger partial charge in [-0.3, -0.25) is 4.79 Å². The second-order valence-electron chi connectivity index (χ2n) is 6.46. The number of allylic oxidation sites excluding steroid dienone is 1. The van der Waals surface area contributed by atoms with Crippen LogP contribution in [0.2, 0.25) is 5.02 Å². The Hall–Kier alpha value is -3.98. The highest BCUT2D eigenvalue weighted by atomic mass is 35.5. The lowest BCUT2D eigenvalue weighted by Crippen LogP contribution is -2.00. The normalized spacial score (nSPS) is 11.7. The number of aromatic nitrogens is 5. The van der Waals surface area contributed by atoms with Gasteiger partial charge in [-0.25, -0.2) is 4.79 Å². The van der Waals surface area contributed by atoms with Crippen LogP contribution < -0.4 is 0 Å². The summed E-state index contributed by atoms with van der Waals surface area (Å²) >= 11 is 6.13. The van der Waals surface area contributed by atoms with Crippen molar-refractivity contribution in [2.75, 3.05) is 0 Å². The first kappa shape index (κ1) is 19.3. The van der Waals surface area contributed by atoms with Gasteiger partial charge in [-0.05, 0) is 41.1 Å². The number of aliphatic hydroxyl groups is 1. The molecule has 0 aliphatic rings. The van der Waals surface area contributed by atoms with Crippen LogP contribution in [0.1, 0.15) is 32.1 Å². The third-order valence-corrected chi connectivity index (χ3v) is 4.74. The smallest absolute Gasteiger partial charge is 0.335 e. The fourth-order valence-corrected chi connectivity index (χ4v) is 3.26. The number of tetrazole rings is 1. The summed E-state index contributed by atoms with van der Waals surface area (Å²) in [4.78, 5) is 23.2. The SMILES string of the molecule is O=C(O)c1ccc(Cn2cc(/C(O)=C/C(=O)c3nn[nH]n3)c3cc(Cl)ccc32)cc1. The lowest BCUT2D eigenvalue weighted by molar-refractivity contribution is 0.0696. The van der Waals surface area contributed by atoms with Crippen LogP contribution in [-0.2, 0) is 6.54 Å². The number of hydrogen-bond acceptors (Lipinski definition) is 6. The van der Waals surface area contributed by atoms with Crippen molar-refractivity contribution in [3.63, 3.8) is 0 Å². The molecular weight excluding hydrogens is 410 g/mol. The van der Waals surface area contributed by atoms with Crippen LogP contribution in [0.15, 0.2) is 54.7 Å². The molecule has 4 rings (SSSR count). The predicted molar refractivity (Wildman–Crippen MR) is 109 cm³/mol. The third-order valence-electron chi connectivity index (χ3n) is 4.51. The molecule has 0 bridgehead atoms. The Bertz CT molecular complexity index is 1280. The summed E-state index contributed by atoms with van der Waals surface area (Å²) in [6.07, 6.45) is 2.72. The number of nitrogens with one attached hydrogen (secondary N) is 1. The van der Waals surface area contributed by atoms with Gasteiger partial charge in [-0.2, -0.15) is 5.21 Å². The number of benzene rings is 2. The van der Waals surface area contributed by atoms with Crippen LogP contribution in [0, 0.1) is 0 Å². The highest BCUT2D eigenvalue weighted by Gasteiger charge is 2.16. The molecule has 10 heteroatoms. The van der Waals surface area contributed by atoms with E-state index in [1.165, 1.54) is 12.1 Å². The maximum Gasteiger partial charge on any atom is 0.335 e. The molecule has 0 spiro atoms. The predicted octanol–water partition coefficient (Wildman–Crippen LogP) is 3.34. The van der Waals surface area contributed by atoms with E-state index in [0.29, 0.717) is 22.5 Å². The molecule has 4 aromatic rings. The van der Waals surface area contributed by atoms with Crippen molar-refractivity contribution in [3.8, 4) is 0 Å². The molecule has 2 aromatic carbocycles. The standard InChI is InChI=1S/C20H14ClN5O4/c21-13-5-6-16-14(7-13)15(17(27)8-18(28)19-22-24-25-23-19)10-26(16)9-11-1-3-12(4-2-11)20(29)30/h1-8,10,27H,9H2,(H,29,30)(H,22,23,24,25)/b17-8-. The molecule has 3 N–H and O–H groups in total. The second kappa shape index (κ2) is 7.80. The van der Waals surface area contributed by atoms with Crippen molar-refractivity contribution >= 4 is 40.0 Å². The summed E-state index contributed by atoms with van der Waals surface area (Å²) in [7, 11) is 0. The number of ketones is 1. The summed E-state index contributed by atoms with van der Waals surface area (Å²) in [5.74, 6) is -2.03. The molecule has 0 saturated heterocycles. The summed E-state index contributed by atoms with van der Waals surface area (Å²) in [6.45, 7) is 0.421. The number of carboxylic acid groups (broad SMARTS) is 1. The zero-order valence-corrected chi connectivity index (χ0v) is 16.0. The Kier molecular flexibility index (Phi) is 5.03. The summed E-state index contributed by atoms with van der Waals surface area (Å²) in [6, 6.07) is 11.7. The molecule has 0 amide bonds. The molecular formula is C20H14ClN5O4. The maximum atomic E-state index is 12.2. The highest BCUT2D eigenvalue weighted by molar-refractivity contribution is 6.31. The number of halogens is 1. The van der Waals surface area contributed by atoms with Gasteiger partial charge < -0.3 is 14.8 Å². The number of H-pyrrole nitrogens is 1. The Morgan fingerprint density at radius 2 is 1.90 bits per heavy atom. The fourth-order valence-electron chi connectivity index (χ4n) is 3.09. The summed E-state index contributed by atoms with van der Waals surface area (Å²) < 4.78 is 1.87. The summed E-state index contributed by atoms with van der Waals surface area (Å²) in [5.41, 5.74) is 2.25. The lowest BCUT2D eigenvalue weighted by Gasteiger charge is -2.06. The van der Waals surface area contributed by atoms with E-state index in [4.69, 9.17) is 16.7 Å². The van der Waals surface area contributed by atoms with Gasteiger partial charge in [0.2, 0.25) is 11.6 Å². The first-order valence-corrected chi connectivity index (χ1v) is 9.09. The minimum Gasteiger partial charge on any atom is -0.507 e. The Morgan fingerprint density at radius 1 is 1.13 bits per heavy atom. The van der Waals surface area contributed by atoms with Gasteiger partial charge in [0.05, 0.1) is 5.56 Å². The molecule has 0 atom stereocenters. The first-order chi connectivity index (χ1) is 14.4. The monoisotopic (exact) mass is 423 g/mol. The van der Waals surface area contributed by atoms with Crippen LogP contribution >= 0.6 is 11.6 Å². The second-order valence-corrected chi connectivity index (χ2v) is 6.90. The molecule has 0 saturated carbocycles. The van der Waals surface area contributed by atoms with E-state index < -0.39 is 11.8 Å². The molecule has 9 nitrogen and oxygen atoms in total. The van der Waals surface area contributed by atoms with Crippen LogP contribution in [-0.4, -0.2) is 47.2 Å². The van der Waals surface area contributed by atoms with E-state index in [9.17, 15) is 14.7 Å². The number of fused-ring (bicyclic) bond motifs is 1. The number of rotatable bonds is 6. The molecule has 2 aromatic heterocycles. The lowest BCUT2D eigenvalue weighted by atomic mass is 10.1. The van der Waals surface area contributed by atoms with Crippen LogP contribution in [0.25, 0.3) is 16.7 Å². The Morgan fingerprint density at radius 3 is 2.57 bits per heavy atom. The molecule has 0 aliphatic heterocycles. The number of carbonyl (C=O) groups excluding carboxylic acids is 1. The molecule has 0 aliphatic carbocycles. The Balaban J connectivity index is 1.73. The number of carboxylic acids is 1. The Labute approximate surface area is 174 Å². The van der Waals surface area contributed by atoms with Gasteiger partial charge in [0.15, 0.2) is 0 Å². The van der Waals surface area contributed by atoms with Crippen molar-refractivity contribution in [2.45, 2.75) is 6.54 Å². The number of aromatic amines is 1. The number of aliphatic hydroxyl groups excluding tert-OH is 1. The largest absolute Gasteiger partial charge is 0.507 e. The van der Waals surface area contributed by atoms with Crippen molar-refractivity contribution in [1.29, 1.82) is 0 Å². The van der Waals surface area contributed by atoms with Gasteiger partial charge in [0.25, 0.3) is 0 Å². The molecule has 0 fully saturated rings. The van der Waals surface area contributed by atoms with E-state index in [0.717, 1.165) is 17.2 Å². The van der Waals surface area contributed by atoms with Crippen LogP contribution in [0.3, 0.4) is 0 Å². The molecule has 150 valence electrons. The quantitative estimate of drug-likeness (QED) is 0.246. The number of hydrogen-bond donors (Lipinski definition) is 3. The third kappa shape index (κ3) is 3.78. The average Bonchev–Trinajstić information content (AvgIpc) is 3.37. The van der Waals surface area contributed by atoms with Crippen LogP contribution in [0.5, 0.6) is 0 Å². The topological polar surface area (TPSA) is 134 Å². The van der Waals surface area contributed by atoms with Crippen LogP contribution in [0.4, 0.5) is 0 Å². The minimum absolute atomic E-state index is 0.165. The van der Waals surface area contributed by atoms with Gasteiger partial charge in [0.1, 0.15) is 5.76 Å². The summed E-state index contributed by atoms with van der Waals surface area (Å²) in [5, 5.41) is 33.5. The zero-order chi connectivity index (χ0) is 21.3. The number of aromatic carboxylic acids is 1. The molecule has 30 heavy (non-hydrogen) atoms. The molecule has 2 heterocycles. The van der Waals surface area contributed by atoms with Gasteiger partial charge in [0, 0.05) is 40.3 Å². The van der Waals surface area contributed by atoms with Gasteiger partial charge in [-0.15, -0.1) is 10.2 Å². The molecule has 0 unspecified atom stereocenters. The highest BCUT2D eigenvalue weighted by Crippen LogP contribution is 2.29. The van der Waals surface area contributed by atoms with Crippen molar-refractivity contribution in [2.24, 2.45) is 0 Å². The minimum atomic E-state index is -0.994. The number of nitrogens with zero attached hydrogens (tertiary/aromatic N) is 4. The zero-order valence-electron chi connectivity index (χ0n) is 15.3. The maximum absolute atomic E-state index is 12.2. The van der Waals surface area contributed by atoms with E-state index in [2.05, 4.69) is 20.6 Å².